The molecule has 5 heteroatoms. The minimum absolute atomic E-state index is 0.148. The van der Waals surface area contributed by atoms with Crippen molar-refractivity contribution >= 4 is 5.78 Å². The van der Waals surface area contributed by atoms with Gasteiger partial charge in [-0.1, -0.05) is 6.92 Å². The molecule has 8 atom stereocenters. The van der Waals surface area contributed by atoms with Gasteiger partial charge in [-0.15, -0.1) is 0 Å². The minimum atomic E-state index is -0.555. The molecule has 1 aromatic heterocycles. The third kappa shape index (κ3) is 2.87. The molecule has 0 aromatic carbocycles. The van der Waals surface area contributed by atoms with E-state index in [9.17, 15) is 9.18 Å². The summed E-state index contributed by atoms with van der Waals surface area (Å²) in [6.45, 7) is 2.71. The average Bonchev–Trinajstić information content (AvgIpc) is 3.28. The van der Waals surface area contributed by atoms with Crippen molar-refractivity contribution in [2.75, 3.05) is 0 Å². The number of rotatable bonds is 3. The molecule has 27 heavy (non-hydrogen) atoms. The summed E-state index contributed by atoms with van der Waals surface area (Å²) in [5.41, 5.74) is 0.148. The summed E-state index contributed by atoms with van der Waals surface area (Å²) in [6.07, 6.45) is 12.6. The van der Waals surface area contributed by atoms with Gasteiger partial charge in [0, 0.05) is 5.92 Å². The van der Waals surface area contributed by atoms with Crippen molar-refractivity contribution in [1.29, 1.82) is 0 Å². The Bertz CT molecular complexity index is 692. The van der Waals surface area contributed by atoms with Gasteiger partial charge in [0.15, 0.2) is 5.78 Å². The number of carbonyl (C=O) groups excluding carboxylic acids is 1. The van der Waals surface area contributed by atoms with Crippen molar-refractivity contribution in [3.63, 3.8) is 0 Å². The van der Waals surface area contributed by atoms with Crippen LogP contribution in [-0.2, 0) is 11.3 Å². The van der Waals surface area contributed by atoms with Crippen LogP contribution in [0.15, 0.2) is 12.4 Å². The molecule has 0 radical (unpaired) electrons. The van der Waals surface area contributed by atoms with E-state index in [0.717, 1.165) is 43.4 Å². The second-order valence-corrected chi connectivity index (χ2v) is 10.0. The van der Waals surface area contributed by atoms with E-state index in [1.54, 1.807) is 12.4 Å². The number of hydrogen-bond acceptors (Lipinski definition) is 3. The van der Waals surface area contributed by atoms with Crippen LogP contribution in [0.25, 0.3) is 0 Å². The molecular weight excluding hydrogens is 341 g/mol. The van der Waals surface area contributed by atoms with Gasteiger partial charge in [0.2, 0.25) is 0 Å². The van der Waals surface area contributed by atoms with E-state index in [4.69, 9.17) is 0 Å². The maximum Gasteiger partial charge on any atom is 0.159 e. The Balaban J connectivity index is 1.33. The Morgan fingerprint density at radius 3 is 2.63 bits per heavy atom. The van der Waals surface area contributed by atoms with Crippen LogP contribution in [-0.4, -0.2) is 26.9 Å². The van der Waals surface area contributed by atoms with Crippen molar-refractivity contribution in [3.8, 4) is 0 Å². The summed E-state index contributed by atoms with van der Waals surface area (Å²) in [5, 5.41) is 8.25. The number of hydrogen-bond donors (Lipinski definition) is 0. The third-order valence-corrected chi connectivity index (χ3v) is 9.04. The molecule has 1 heterocycles. The highest BCUT2D eigenvalue weighted by atomic mass is 19.1. The van der Waals surface area contributed by atoms with Gasteiger partial charge in [-0.2, -0.15) is 15.0 Å². The fraction of sp³-hybridized carbons (Fsp3) is 0.864. The number of ketones is 1. The summed E-state index contributed by atoms with van der Waals surface area (Å²) in [5.74, 6) is 4.10. The Morgan fingerprint density at radius 2 is 1.81 bits per heavy atom. The van der Waals surface area contributed by atoms with E-state index < -0.39 is 6.17 Å². The van der Waals surface area contributed by atoms with Crippen LogP contribution < -0.4 is 0 Å². The lowest BCUT2D eigenvalue weighted by Gasteiger charge is -2.55. The molecule has 0 spiro atoms. The molecule has 4 aliphatic carbocycles. The molecule has 148 valence electrons. The molecule has 0 amide bonds. The van der Waals surface area contributed by atoms with Gasteiger partial charge >= 0.3 is 0 Å². The molecule has 4 nitrogen and oxygen atoms in total. The third-order valence-electron chi connectivity index (χ3n) is 9.04. The van der Waals surface area contributed by atoms with Crippen LogP contribution in [0.5, 0.6) is 0 Å². The highest BCUT2D eigenvalue weighted by Gasteiger charge is 2.58. The molecule has 4 aliphatic rings. The van der Waals surface area contributed by atoms with Crippen LogP contribution in [0, 0.1) is 40.9 Å². The first kappa shape index (κ1) is 17.8. The Kier molecular flexibility index (Phi) is 4.40. The number of aromatic nitrogens is 3. The fourth-order valence-electron chi connectivity index (χ4n) is 7.90. The number of nitrogens with zero attached hydrogens (tertiary/aromatic N) is 3. The largest absolute Gasteiger partial charge is 0.297 e. The molecular formula is C22H32FN3O. The molecule has 0 saturated heterocycles. The van der Waals surface area contributed by atoms with E-state index >= 15 is 0 Å². The predicted octanol–water partition coefficient (Wildman–Crippen LogP) is 4.45. The standard InChI is InChI=1S/C22H32FN3O/c1-22-9-8-17-16-5-3-15(23)12-14(16)2-4-18(17)19(22)6-7-20(22)21(27)13-26-24-10-11-25-26/h10-11,14-20H,2-9,12-13H2,1H3/t14?,15-,16?,17?,18?,19?,20?,22?/m0/s1. The van der Waals surface area contributed by atoms with Crippen LogP contribution in [0.3, 0.4) is 0 Å². The first-order valence-corrected chi connectivity index (χ1v) is 11.1. The van der Waals surface area contributed by atoms with Gasteiger partial charge < -0.3 is 0 Å². The van der Waals surface area contributed by atoms with E-state index in [2.05, 4.69) is 17.1 Å². The maximum absolute atomic E-state index is 13.9. The van der Waals surface area contributed by atoms with Crippen molar-refractivity contribution in [2.45, 2.75) is 77.4 Å². The molecule has 7 unspecified atom stereocenters. The molecule has 0 N–H and O–H groups in total. The van der Waals surface area contributed by atoms with Crippen LogP contribution >= 0.6 is 0 Å². The summed E-state index contributed by atoms with van der Waals surface area (Å²) in [7, 11) is 0. The Labute approximate surface area is 161 Å². The highest BCUT2D eigenvalue weighted by Crippen LogP contribution is 2.64. The zero-order chi connectivity index (χ0) is 18.6. The first-order chi connectivity index (χ1) is 13.1. The molecule has 4 saturated carbocycles. The highest BCUT2D eigenvalue weighted by molar-refractivity contribution is 5.81. The monoisotopic (exact) mass is 373 g/mol. The lowest BCUT2D eigenvalue weighted by atomic mass is 9.49. The summed E-state index contributed by atoms with van der Waals surface area (Å²) in [6, 6.07) is 0. The quantitative estimate of drug-likeness (QED) is 0.786. The number of fused-ring (bicyclic) bond motifs is 5. The predicted molar refractivity (Wildman–Crippen MR) is 101 cm³/mol. The maximum atomic E-state index is 13.9. The summed E-state index contributed by atoms with van der Waals surface area (Å²) >= 11 is 0. The first-order valence-electron chi connectivity index (χ1n) is 11.1. The van der Waals surface area contributed by atoms with E-state index in [1.807, 2.05) is 0 Å². The van der Waals surface area contributed by atoms with Crippen LogP contribution in [0.2, 0.25) is 0 Å². The van der Waals surface area contributed by atoms with Gasteiger partial charge in [0.05, 0.1) is 12.4 Å². The average molecular weight is 374 g/mol. The summed E-state index contributed by atoms with van der Waals surface area (Å²) < 4.78 is 13.9. The minimum Gasteiger partial charge on any atom is -0.297 e. The fourth-order valence-corrected chi connectivity index (χ4v) is 7.90. The lowest BCUT2D eigenvalue weighted by molar-refractivity contribution is -0.131. The van der Waals surface area contributed by atoms with Gasteiger partial charge in [-0.05, 0) is 92.8 Å². The normalized spacial score (nSPS) is 46.4. The zero-order valence-corrected chi connectivity index (χ0v) is 16.4. The van der Waals surface area contributed by atoms with E-state index in [-0.39, 0.29) is 11.3 Å². The Hall–Kier alpha value is -1.26. The molecule has 0 aliphatic heterocycles. The topological polar surface area (TPSA) is 47.8 Å². The van der Waals surface area contributed by atoms with Crippen LogP contribution in [0.1, 0.15) is 64.7 Å². The SMILES string of the molecule is CC12CCC3C4CC[C@H](F)CC4CCC3C1CCC2C(=O)Cn1nccn1. The number of alkyl halides is 1. The van der Waals surface area contributed by atoms with E-state index in [0.29, 0.717) is 24.2 Å². The van der Waals surface area contributed by atoms with Gasteiger partial charge in [0.1, 0.15) is 12.7 Å². The summed E-state index contributed by atoms with van der Waals surface area (Å²) in [4.78, 5) is 14.6. The number of halogens is 1. The molecule has 5 rings (SSSR count). The van der Waals surface area contributed by atoms with Crippen molar-refractivity contribution in [1.82, 2.24) is 15.0 Å². The zero-order valence-electron chi connectivity index (χ0n) is 16.4. The van der Waals surface area contributed by atoms with Crippen molar-refractivity contribution in [2.24, 2.45) is 40.9 Å². The van der Waals surface area contributed by atoms with Gasteiger partial charge in [0.25, 0.3) is 0 Å². The molecule has 0 bridgehead atoms. The lowest BCUT2D eigenvalue weighted by Crippen LogP contribution is -2.49. The van der Waals surface area contributed by atoms with Gasteiger partial charge in [-0.3, -0.25) is 4.79 Å². The number of Topliss-reactive ketones (excluding diaryl/α,β-unsaturated/α-hetero) is 1. The van der Waals surface area contributed by atoms with Crippen molar-refractivity contribution < 1.29 is 9.18 Å². The Morgan fingerprint density at radius 1 is 1.04 bits per heavy atom. The number of carbonyl (C=O) groups is 1. The van der Waals surface area contributed by atoms with Gasteiger partial charge in [-0.25, -0.2) is 4.39 Å². The second-order valence-electron chi connectivity index (χ2n) is 10.0. The van der Waals surface area contributed by atoms with E-state index in [1.165, 1.54) is 36.9 Å². The smallest absolute Gasteiger partial charge is 0.159 e. The second kappa shape index (κ2) is 6.66. The van der Waals surface area contributed by atoms with Crippen molar-refractivity contribution in [3.05, 3.63) is 12.4 Å². The molecule has 4 fully saturated rings. The molecule has 1 aromatic rings. The van der Waals surface area contributed by atoms with Crippen LogP contribution in [0.4, 0.5) is 4.39 Å².